The number of thiazole rings is 1. The highest BCUT2D eigenvalue weighted by Gasteiger charge is 2.55. The van der Waals surface area contributed by atoms with Crippen LogP contribution in [0.5, 0.6) is 0 Å². The highest BCUT2D eigenvalue weighted by molar-refractivity contribution is 8.00. The Bertz CT molecular complexity index is 1600. The van der Waals surface area contributed by atoms with E-state index in [1.54, 1.807) is 0 Å². The van der Waals surface area contributed by atoms with E-state index in [-0.39, 0.29) is 40.3 Å². The third-order valence-corrected chi connectivity index (χ3v) is 8.04. The number of amides is 3. The number of nitro groups is 1. The van der Waals surface area contributed by atoms with E-state index >= 15 is 0 Å². The number of carbonyl (C=O) groups excluding carboxylic acids is 4. The molecule has 0 saturated carbocycles. The summed E-state index contributed by atoms with van der Waals surface area (Å²) in [6.45, 7) is -0.349. The van der Waals surface area contributed by atoms with Crippen LogP contribution in [0.1, 0.15) is 11.3 Å². The third-order valence-electron chi connectivity index (χ3n) is 5.51. The molecule has 222 valence electrons. The summed E-state index contributed by atoms with van der Waals surface area (Å²) in [5.74, 6) is -3.21. The van der Waals surface area contributed by atoms with Gasteiger partial charge in [0.2, 0.25) is 6.41 Å². The van der Waals surface area contributed by atoms with Crippen molar-refractivity contribution in [3.63, 3.8) is 0 Å². The molecule has 3 amide bonds. The SMILES string of the molecule is CO/N=C(\C(=O)NC1C(=O)N2C(C(=O)OCc3ccc([N+](=O)[O-])cc3)=C(OS(C)(=O)=O)CS[C@H]12)c1csc(NC=O)n1. The molecule has 1 unspecified atom stereocenters. The molecule has 1 aromatic carbocycles. The smallest absolute Gasteiger partial charge is 0.359 e. The summed E-state index contributed by atoms with van der Waals surface area (Å²) in [5.41, 5.74) is -0.478. The zero-order valence-corrected chi connectivity index (χ0v) is 24.0. The van der Waals surface area contributed by atoms with Gasteiger partial charge in [0.25, 0.3) is 17.5 Å². The largest absolute Gasteiger partial charge is 0.456 e. The molecular formula is C22H20N6O11S3. The summed E-state index contributed by atoms with van der Waals surface area (Å²) in [7, 11) is -2.91. The van der Waals surface area contributed by atoms with Crippen molar-refractivity contribution in [2.24, 2.45) is 5.16 Å². The van der Waals surface area contributed by atoms with E-state index in [1.165, 1.54) is 36.8 Å². The van der Waals surface area contributed by atoms with E-state index in [0.29, 0.717) is 12.0 Å². The predicted molar refractivity (Wildman–Crippen MR) is 146 cm³/mol. The van der Waals surface area contributed by atoms with Gasteiger partial charge in [0, 0.05) is 17.5 Å². The number of benzene rings is 1. The minimum Gasteiger partial charge on any atom is -0.456 e. The summed E-state index contributed by atoms with van der Waals surface area (Å²) in [6, 6.07) is 4.01. The van der Waals surface area contributed by atoms with Crippen LogP contribution in [-0.2, 0) is 49.7 Å². The van der Waals surface area contributed by atoms with Crippen molar-refractivity contribution < 1.29 is 46.3 Å². The molecule has 2 aromatic rings. The van der Waals surface area contributed by atoms with Crippen molar-refractivity contribution in [3.05, 3.63) is 62.5 Å². The molecule has 0 radical (unpaired) electrons. The zero-order valence-electron chi connectivity index (χ0n) is 21.5. The van der Waals surface area contributed by atoms with Gasteiger partial charge in [-0.25, -0.2) is 9.78 Å². The van der Waals surface area contributed by atoms with Gasteiger partial charge in [-0.15, -0.1) is 23.1 Å². The Hall–Kier alpha value is -4.56. The monoisotopic (exact) mass is 640 g/mol. The van der Waals surface area contributed by atoms with Crippen LogP contribution < -0.4 is 10.6 Å². The first-order chi connectivity index (χ1) is 19.9. The molecule has 1 fully saturated rings. The van der Waals surface area contributed by atoms with E-state index < -0.39 is 49.9 Å². The minimum absolute atomic E-state index is 0.0582. The molecule has 20 heteroatoms. The second-order valence-corrected chi connectivity index (χ2v) is 11.9. The average Bonchev–Trinajstić information content (AvgIpc) is 3.40. The minimum atomic E-state index is -4.10. The molecule has 0 spiro atoms. The number of thioether (sulfide) groups is 1. The van der Waals surface area contributed by atoms with Gasteiger partial charge in [0.15, 0.2) is 22.3 Å². The topological polar surface area (TPSA) is 226 Å². The van der Waals surface area contributed by atoms with Gasteiger partial charge in [0.1, 0.15) is 30.8 Å². The number of hydrogen-bond acceptors (Lipinski definition) is 15. The van der Waals surface area contributed by atoms with Crippen LogP contribution in [0.3, 0.4) is 0 Å². The van der Waals surface area contributed by atoms with Gasteiger partial charge in [-0.1, -0.05) is 5.16 Å². The lowest BCUT2D eigenvalue weighted by atomic mass is 10.0. The molecule has 1 saturated heterocycles. The fourth-order valence-corrected chi connectivity index (χ4v) is 6.25. The Kier molecular flexibility index (Phi) is 9.07. The first kappa shape index (κ1) is 30.4. The maximum absolute atomic E-state index is 13.2. The van der Waals surface area contributed by atoms with Crippen LogP contribution >= 0.6 is 23.1 Å². The number of carbonyl (C=O) groups is 4. The van der Waals surface area contributed by atoms with Crippen molar-refractivity contribution >= 4 is 73.9 Å². The molecule has 2 N–H and O–H groups in total. The highest BCUT2D eigenvalue weighted by Crippen LogP contribution is 2.41. The van der Waals surface area contributed by atoms with Gasteiger partial charge in [-0.3, -0.25) is 29.4 Å². The van der Waals surface area contributed by atoms with Crippen molar-refractivity contribution in [2.45, 2.75) is 18.0 Å². The van der Waals surface area contributed by atoms with Gasteiger partial charge < -0.3 is 24.4 Å². The molecule has 4 rings (SSSR count). The summed E-state index contributed by atoms with van der Waals surface area (Å²) in [5, 5.41) is 20.1. The number of fused-ring (bicyclic) bond motifs is 1. The van der Waals surface area contributed by atoms with Crippen LogP contribution in [0, 0.1) is 10.1 Å². The van der Waals surface area contributed by atoms with Crippen LogP contribution in [0.25, 0.3) is 0 Å². The summed E-state index contributed by atoms with van der Waals surface area (Å²) in [4.78, 5) is 70.0. The molecule has 17 nitrogen and oxygen atoms in total. The lowest BCUT2D eigenvalue weighted by Gasteiger charge is -2.49. The molecular weight excluding hydrogens is 620 g/mol. The predicted octanol–water partition coefficient (Wildman–Crippen LogP) is 0.301. The normalized spacial score (nSPS) is 18.4. The number of anilines is 1. The molecule has 2 aliphatic heterocycles. The first-order valence-corrected chi connectivity index (χ1v) is 15.2. The van der Waals surface area contributed by atoms with E-state index in [0.717, 1.165) is 34.3 Å². The van der Waals surface area contributed by atoms with Gasteiger partial charge >= 0.3 is 16.1 Å². The van der Waals surface area contributed by atoms with E-state index in [2.05, 4.69) is 20.8 Å². The van der Waals surface area contributed by atoms with Gasteiger partial charge in [-0.2, -0.15) is 8.42 Å². The maximum Gasteiger partial charge on any atom is 0.359 e. The van der Waals surface area contributed by atoms with Crippen molar-refractivity contribution in [2.75, 3.05) is 24.4 Å². The number of β-lactam (4-membered cyclic amide) rings is 1. The number of nitrogens with one attached hydrogen (secondary N) is 2. The number of oxime groups is 1. The molecule has 0 aliphatic carbocycles. The number of rotatable bonds is 12. The standard InChI is InChI=1S/C22H20N6O11S3/c1-37-26-15(13-8-41-22(24-13)23-10-29)18(30)25-16-19(31)27-17(14(9-40-20(16)27)39-42(2,35)36)21(32)38-7-11-3-5-12(6-4-11)28(33)34/h3-6,8,10,16,20H,7,9H2,1-2H3,(H,25,30)(H,23,24,29)/b26-15-/t16?,20-/m1/s1. The number of hydrogen-bond donors (Lipinski definition) is 2. The lowest BCUT2D eigenvalue weighted by Crippen LogP contribution is -2.71. The number of esters is 1. The molecule has 2 aliphatic rings. The lowest BCUT2D eigenvalue weighted by molar-refractivity contribution is -0.384. The Morgan fingerprint density at radius 1 is 1.31 bits per heavy atom. The van der Waals surface area contributed by atoms with Crippen LogP contribution in [0.4, 0.5) is 10.8 Å². The Balaban J connectivity index is 1.52. The molecule has 0 bridgehead atoms. The number of nitrogens with zero attached hydrogens (tertiary/aromatic N) is 4. The molecule has 3 heterocycles. The number of ether oxygens (including phenoxy) is 1. The summed E-state index contributed by atoms with van der Waals surface area (Å²) < 4.78 is 34.0. The number of nitro benzene ring substituents is 1. The maximum atomic E-state index is 13.2. The third kappa shape index (κ3) is 6.66. The van der Waals surface area contributed by atoms with Crippen molar-refractivity contribution in [1.82, 2.24) is 15.2 Å². The quantitative estimate of drug-likeness (QED) is 0.0606. The Morgan fingerprint density at radius 3 is 2.64 bits per heavy atom. The first-order valence-electron chi connectivity index (χ1n) is 11.5. The fraction of sp³-hybridized carbons (Fsp3) is 0.273. The molecule has 1 aromatic heterocycles. The van der Waals surface area contributed by atoms with Crippen molar-refractivity contribution in [1.29, 1.82) is 0 Å². The second kappa shape index (κ2) is 12.5. The summed E-state index contributed by atoms with van der Waals surface area (Å²) >= 11 is 2.04. The van der Waals surface area contributed by atoms with E-state index in [1.807, 2.05) is 0 Å². The summed E-state index contributed by atoms with van der Waals surface area (Å²) in [6.07, 6.45) is 1.17. The molecule has 2 atom stereocenters. The van der Waals surface area contributed by atoms with Crippen molar-refractivity contribution in [3.8, 4) is 0 Å². The average molecular weight is 641 g/mol. The van der Waals surface area contributed by atoms with Gasteiger partial charge in [-0.05, 0) is 17.7 Å². The molecule has 42 heavy (non-hydrogen) atoms. The number of non-ortho nitro benzene ring substituents is 1. The van der Waals surface area contributed by atoms with Gasteiger partial charge in [0.05, 0.1) is 16.9 Å². The van der Waals surface area contributed by atoms with E-state index in [4.69, 9.17) is 13.8 Å². The highest BCUT2D eigenvalue weighted by atomic mass is 32.2. The Morgan fingerprint density at radius 2 is 2.02 bits per heavy atom. The fourth-order valence-electron chi connectivity index (χ4n) is 3.76. The second-order valence-electron chi connectivity index (χ2n) is 8.34. The van der Waals surface area contributed by atoms with Crippen LogP contribution in [0.2, 0.25) is 0 Å². The number of aromatic nitrogens is 1. The van der Waals surface area contributed by atoms with E-state index in [9.17, 15) is 37.7 Å². The zero-order chi connectivity index (χ0) is 30.6. The Labute approximate surface area is 245 Å². The van der Waals surface area contributed by atoms with Crippen LogP contribution in [0.15, 0.2) is 46.3 Å². The van der Waals surface area contributed by atoms with Crippen LogP contribution in [-0.4, -0.2) is 83.7 Å².